The van der Waals surface area contributed by atoms with Gasteiger partial charge in [-0.05, 0) is 24.6 Å². The number of carbonyl (C=O) groups excluding carboxylic acids is 1. The van der Waals surface area contributed by atoms with Crippen molar-refractivity contribution in [3.8, 4) is 0 Å². The van der Waals surface area contributed by atoms with Crippen LogP contribution in [-0.2, 0) is 4.79 Å². The summed E-state index contributed by atoms with van der Waals surface area (Å²) in [5.74, 6) is -2.04. The molecule has 0 saturated carbocycles. The molecule has 0 fully saturated rings. The van der Waals surface area contributed by atoms with Gasteiger partial charge in [-0.2, -0.15) is 13.2 Å². The van der Waals surface area contributed by atoms with E-state index in [0.29, 0.717) is 5.56 Å². The molecule has 0 unspecified atom stereocenters. The zero-order valence-corrected chi connectivity index (χ0v) is 8.36. The summed E-state index contributed by atoms with van der Waals surface area (Å²) in [6.45, 7) is 1.63. The fraction of sp³-hybridized carbons (Fsp3) is 0.300. The molecule has 2 nitrogen and oxygen atoms in total. The third kappa shape index (κ3) is 3.88. The molecule has 6 heteroatoms. The normalized spacial score (nSPS) is 11.3. The molecular weight excluding hydrogens is 226 g/mol. The highest BCUT2D eigenvalue weighted by Gasteiger charge is 2.31. The second-order valence-corrected chi connectivity index (χ2v) is 3.32. The van der Waals surface area contributed by atoms with E-state index in [2.05, 4.69) is 0 Å². The van der Waals surface area contributed by atoms with Gasteiger partial charge in [-0.15, -0.1) is 0 Å². The highest BCUT2D eigenvalue weighted by atomic mass is 19.4. The van der Waals surface area contributed by atoms with E-state index in [1.54, 1.807) is 6.92 Å². The molecule has 0 aliphatic heterocycles. The topological polar surface area (TPSA) is 29.1 Å². The van der Waals surface area contributed by atoms with Crippen LogP contribution in [0.1, 0.15) is 12.0 Å². The number of rotatable bonds is 2. The van der Waals surface area contributed by atoms with Crippen molar-refractivity contribution in [3.05, 3.63) is 29.6 Å². The smallest absolute Gasteiger partial charge is 0.323 e. The summed E-state index contributed by atoms with van der Waals surface area (Å²) >= 11 is 0. The third-order valence-electron chi connectivity index (χ3n) is 1.76. The highest BCUT2D eigenvalue weighted by molar-refractivity contribution is 5.91. The van der Waals surface area contributed by atoms with Gasteiger partial charge in [0, 0.05) is 0 Å². The third-order valence-corrected chi connectivity index (χ3v) is 1.76. The quantitative estimate of drug-likeness (QED) is 0.784. The van der Waals surface area contributed by atoms with Gasteiger partial charge in [0.15, 0.2) is 0 Å². The minimum absolute atomic E-state index is 0.250. The van der Waals surface area contributed by atoms with Crippen molar-refractivity contribution in [1.82, 2.24) is 0 Å². The molecule has 0 heterocycles. The first kappa shape index (κ1) is 12.5. The van der Waals surface area contributed by atoms with Gasteiger partial charge in [-0.25, -0.2) is 4.39 Å². The van der Waals surface area contributed by atoms with Gasteiger partial charge in [-0.3, -0.25) is 4.79 Å². The summed E-state index contributed by atoms with van der Waals surface area (Å²) in [6, 6.07) is 3.84. The van der Waals surface area contributed by atoms with Gasteiger partial charge in [0.05, 0.1) is 5.69 Å². The van der Waals surface area contributed by atoms with Crippen molar-refractivity contribution >= 4 is 11.6 Å². The molecule has 0 bridgehead atoms. The van der Waals surface area contributed by atoms with Gasteiger partial charge in [0.2, 0.25) is 5.91 Å². The van der Waals surface area contributed by atoms with E-state index in [4.69, 9.17) is 0 Å². The summed E-state index contributed by atoms with van der Waals surface area (Å²) in [4.78, 5) is 10.9. The molecule has 1 rings (SSSR count). The molecule has 16 heavy (non-hydrogen) atoms. The van der Waals surface area contributed by atoms with Gasteiger partial charge < -0.3 is 5.32 Å². The van der Waals surface area contributed by atoms with Crippen LogP contribution in [0, 0.1) is 12.7 Å². The number of amides is 1. The van der Waals surface area contributed by atoms with Crippen molar-refractivity contribution in [2.75, 3.05) is 5.32 Å². The molecule has 1 amide bonds. The molecule has 0 aliphatic rings. The van der Waals surface area contributed by atoms with Crippen LogP contribution in [0.5, 0.6) is 0 Å². The van der Waals surface area contributed by atoms with Crippen LogP contribution in [0.3, 0.4) is 0 Å². The van der Waals surface area contributed by atoms with Crippen molar-refractivity contribution in [2.24, 2.45) is 0 Å². The molecule has 88 valence electrons. The van der Waals surface area contributed by atoms with E-state index in [0.717, 1.165) is 6.07 Å². The van der Waals surface area contributed by atoms with E-state index in [1.165, 1.54) is 12.1 Å². The summed E-state index contributed by atoms with van der Waals surface area (Å²) < 4.78 is 48.6. The van der Waals surface area contributed by atoms with E-state index < -0.39 is 24.3 Å². The van der Waals surface area contributed by atoms with Crippen LogP contribution >= 0.6 is 0 Å². The maximum atomic E-state index is 13.1. The molecule has 0 radical (unpaired) electrons. The first-order valence-corrected chi connectivity index (χ1v) is 4.41. The SMILES string of the molecule is Cc1ccc(NC(=O)CC(F)(F)F)c(F)c1. The Hall–Kier alpha value is -1.59. The number of hydrogen-bond acceptors (Lipinski definition) is 1. The Morgan fingerprint density at radius 3 is 2.50 bits per heavy atom. The Labute approximate surface area is 89.3 Å². The Balaban J connectivity index is 2.70. The van der Waals surface area contributed by atoms with Gasteiger partial charge >= 0.3 is 6.18 Å². The van der Waals surface area contributed by atoms with Gasteiger partial charge in [-0.1, -0.05) is 6.07 Å². The Morgan fingerprint density at radius 1 is 1.38 bits per heavy atom. The first-order chi connectivity index (χ1) is 7.28. The zero-order valence-electron chi connectivity index (χ0n) is 8.36. The number of hydrogen-bond donors (Lipinski definition) is 1. The lowest BCUT2D eigenvalue weighted by Gasteiger charge is -2.08. The van der Waals surface area contributed by atoms with Crippen molar-refractivity contribution in [1.29, 1.82) is 0 Å². The molecule has 0 aromatic heterocycles. The van der Waals surface area contributed by atoms with Crippen LogP contribution in [-0.4, -0.2) is 12.1 Å². The number of anilines is 1. The molecular formula is C10H9F4NO. The molecule has 0 spiro atoms. The second kappa shape index (κ2) is 4.51. The standard InChI is InChI=1S/C10H9F4NO/c1-6-2-3-8(7(11)4-6)15-9(16)5-10(12,13)14/h2-4H,5H2,1H3,(H,15,16). The predicted octanol–water partition coefficient (Wildman–Crippen LogP) is 3.03. The molecule has 1 aromatic carbocycles. The monoisotopic (exact) mass is 235 g/mol. The van der Waals surface area contributed by atoms with Crippen LogP contribution in [0.2, 0.25) is 0 Å². The number of halogens is 4. The number of alkyl halides is 3. The summed E-state index contributed by atoms with van der Waals surface area (Å²) in [6.07, 6.45) is -6.22. The Morgan fingerprint density at radius 2 is 2.00 bits per heavy atom. The van der Waals surface area contributed by atoms with E-state index >= 15 is 0 Å². The average Bonchev–Trinajstić information content (AvgIpc) is 2.06. The summed E-state index contributed by atoms with van der Waals surface area (Å²) in [5, 5.41) is 1.86. The largest absolute Gasteiger partial charge is 0.397 e. The van der Waals surface area contributed by atoms with Crippen LogP contribution in [0.25, 0.3) is 0 Å². The maximum Gasteiger partial charge on any atom is 0.397 e. The lowest BCUT2D eigenvalue weighted by atomic mass is 10.2. The van der Waals surface area contributed by atoms with Crippen molar-refractivity contribution < 1.29 is 22.4 Å². The van der Waals surface area contributed by atoms with Crippen molar-refractivity contribution in [3.63, 3.8) is 0 Å². The average molecular weight is 235 g/mol. The maximum absolute atomic E-state index is 13.1. The molecule has 0 atom stereocenters. The van der Waals surface area contributed by atoms with E-state index in [-0.39, 0.29) is 5.69 Å². The van der Waals surface area contributed by atoms with Crippen molar-refractivity contribution in [2.45, 2.75) is 19.5 Å². The summed E-state index contributed by atoms with van der Waals surface area (Å²) in [7, 11) is 0. The Kier molecular flexibility index (Phi) is 3.51. The number of nitrogens with one attached hydrogen (secondary N) is 1. The molecule has 1 aromatic rings. The van der Waals surface area contributed by atoms with Crippen LogP contribution < -0.4 is 5.32 Å². The van der Waals surface area contributed by atoms with Gasteiger partial charge in [0.25, 0.3) is 0 Å². The fourth-order valence-corrected chi connectivity index (χ4v) is 1.10. The number of benzene rings is 1. The Bertz CT molecular complexity index is 400. The lowest BCUT2D eigenvalue weighted by Crippen LogP contribution is -2.21. The van der Waals surface area contributed by atoms with E-state index in [9.17, 15) is 22.4 Å². The number of aryl methyl sites for hydroxylation is 1. The predicted molar refractivity (Wildman–Crippen MR) is 50.4 cm³/mol. The minimum Gasteiger partial charge on any atom is -0.323 e. The fourth-order valence-electron chi connectivity index (χ4n) is 1.10. The zero-order chi connectivity index (χ0) is 12.3. The second-order valence-electron chi connectivity index (χ2n) is 3.32. The first-order valence-electron chi connectivity index (χ1n) is 4.41. The molecule has 0 saturated heterocycles. The minimum atomic E-state index is -4.59. The lowest BCUT2D eigenvalue weighted by molar-refractivity contribution is -0.150. The highest BCUT2D eigenvalue weighted by Crippen LogP contribution is 2.21. The number of carbonyl (C=O) groups is 1. The molecule has 1 N–H and O–H groups in total. The molecule has 0 aliphatic carbocycles. The van der Waals surface area contributed by atoms with Gasteiger partial charge in [0.1, 0.15) is 12.2 Å². The summed E-state index contributed by atoms with van der Waals surface area (Å²) in [5.41, 5.74) is 0.367. The van der Waals surface area contributed by atoms with Crippen LogP contribution in [0.4, 0.5) is 23.2 Å². The van der Waals surface area contributed by atoms with Crippen LogP contribution in [0.15, 0.2) is 18.2 Å². The van der Waals surface area contributed by atoms with E-state index in [1.807, 2.05) is 5.32 Å².